The Hall–Kier alpha value is -1.27. The third-order valence-electron chi connectivity index (χ3n) is 3.89. The molecule has 0 aromatic carbocycles. The van der Waals surface area contributed by atoms with Gasteiger partial charge >= 0.3 is 0 Å². The third-order valence-corrected chi connectivity index (χ3v) is 4.86. The predicted molar refractivity (Wildman–Crippen MR) is 77.6 cm³/mol. The summed E-state index contributed by atoms with van der Waals surface area (Å²) in [4.78, 5) is 8.90. The highest BCUT2D eigenvalue weighted by molar-refractivity contribution is 7.09. The number of aryl methyl sites for hydroxylation is 1. The summed E-state index contributed by atoms with van der Waals surface area (Å²) < 4.78 is 5.35. The number of thiazole rings is 1. The largest absolute Gasteiger partial charge is 0.339 e. The minimum atomic E-state index is 0.278. The molecule has 2 aromatic heterocycles. The van der Waals surface area contributed by atoms with E-state index >= 15 is 0 Å². The van der Waals surface area contributed by atoms with Crippen LogP contribution in [-0.2, 0) is 12.8 Å². The van der Waals surface area contributed by atoms with Crippen LogP contribution in [0.1, 0.15) is 48.1 Å². The molecule has 5 nitrogen and oxygen atoms in total. The molecule has 2 unspecified atom stereocenters. The van der Waals surface area contributed by atoms with E-state index in [9.17, 15) is 0 Å². The number of hydrogen-bond acceptors (Lipinski definition) is 6. The summed E-state index contributed by atoms with van der Waals surface area (Å²) in [5.74, 6) is 1.92. The van der Waals surface area contributed by atoms with Crippen molar-refractivity contribution in [2.24, 2.45) is 11.7 Å². The predicted octanol–water partition coefficient (Wildman–Crippen LogP) is 2.49. The zero-order valence-electron chi connectivity index (χ0n) is 11.7. The Labute approximate surface area is 122 Å². The molecule has 0 radical (unpaired) electrons. The Morgan fingerprint density at radius 2 is 2.20 bits per heavy atom. The molecule has 0 aliphatic heterocycles. The second-order valence-electron chi connectivity index (χ2n) is 5.58. The van der Waals surface area contributed by atoms with Crippen LogP contribution in [0.15, 0.2) is 9.90 Å². The van der Waals surface area contributed by atoms with Crippen molar-refractivity contribution >= 4 is 11.3 Å². The van der Waals surface area contributed by atoms with Gasteiger partial charge in [0.2, 0.25) is 5.89 Å². The molecule has 20 heavy (non-hydrogen) atoms. The van der Waals surface area contributed by atoms with Crippen LogP contribution >= 0.6 is 11.3 Å². The summed E-state index contributed by atoms with van der Waals surface area (Å²) in [7, 11) is 0. The van der Waals surface area contributed by atoms with E-state index < -0.39 is 0 Å². The lowest BCUT2D eigenvalue weighted by Gasteiger charge is -2.27. The van der Waals surface area contributed by atoms with Gasteiger partial charge in [-0.1, -0.05) is 18.0 Å². The molecular weight excluding hydrogens is 272 g/mol. The number of hydrogen-bond donors (Lipinski definition) is 1. The normalized spacial score (nSPS) is 23.1. The van der Waals surface area contributed by atoms with Crippen molar-refractivity contribution in [2.75, 3.05) is 0 Å². The van der Waals surface area contributed by atoms with Crippen LogP contribution in [0.25, 0.3) is 0 Å². The van der Waals surface area contributed by atoms with Gasteiger partial charge < -0.3 is 10.3 Å². The van der Waals surface area contributed by atoms with Gasteiger partial charge in [-0.05, 0) is 25.7 Å². The van der Waals surface area contributed by atoms with E-state index in [2.05, 4.69) is 15.1 Å². The Bertz CT molecular complexity index is 565. The number of aromatic nitrogens is 3. The monoisotopic (exact) mass is 292 g/mol. The lowest BCUT2D eigenvalue weighted by molar-refractivity contribution is 0.273. The number of nitrogens with two attached hydrogens (primary N) is 1. The van der Waals surface area contributed by atoms with Gasteiger partial charge in [-0.2, -0.15) is 4.98 Å². The smallest absolute Gasteiger partial charge is 0.226 e. The zero-order chi connectivity index (χ0) is 13.9. The molecule has 2 N–H and O–H groups in total. The molecule has 0 saturated heterocycles. The lowest BCUT2D eigenvalue weighted by atomic mass is 9.83. The highest BCUT2D eigenvalue weighted by atomic mass is 32.1. The maximum atomic E-state index is 6.16. The van der Waals surface area contributed by atoms with E-state index in [-0.39, 0.29) is 6.04 Å². The van der Waals surface area contributed by atoms with E-state index in [1.165, 1.54) is 19.3 Å². The summed E-state index contributed by atoms with van der Waals surface area (Å²) in [6.45, 7) is 1.99. The highest BCUT2D eigenvalue weighted by Gasteiger charge is 2.24. The summed E-state index contributed by atoms with van der Waals surface area (Å²) in [5, 5.41) is 7.12. The number of nitrogens with zero attached hydrogens (tertiary/aromatic N) is 3. The van der Waals surface area contributed by atoms with Crippen molar-refractivity contribution in [3.63, 3.8) is 0 Å². The Kier molecular flexibility index (Phi) is 4.12. The third kappa shape index (κ3) is 3.24. The second kappa shape index (κ2) is 6.01. The SMILES string of the molecule is Cc1csc(Cc2noc(CC3CCCCC3N)n2)n1. The highest BCUT2D eigenvalue weighted by Crippen LogP contribution is 2.26. The molecule has 6 heteroatoms. The van der Waals surface area contributed by atoms with Crippen molar-refractivity contribution in [1.82, 2.24) is 15.1 Å². The molecule has 108 valence electrons. The molecule has 0 amide bonds. The first-order chi connectivity index (χ1) is 9.70. The molecule has 2 heterocycles. The lowest BCUT2D eigenvalue weighted by Crippen LogP contribution is -2.34. The van der Waals surface area contributed by atoms with Gasteiger partial charge in [0, 0.05) is 23.5 Å². The van der Waals surface area contributed by atoms with E-state index in [0.29, 0.717) is 12.3 Å². The fourth-order valence-electron chi connectivity index (χ4n) is 2.78. The molecule has 2 atom stereocenters. The van der Waals surface area contributed by atoms with Crippen molar-refractivity contribution in [3.8, 4) is 0 Å². The minimum Gasteiger partial charge on any atom is -0.339 e. The van der Waals surface area contributed by atoms with Crippen molar-refractivity contribution in [2.45, 2.75) is 51.5 Å². The summed E-state index contributed by atoms with van der Waals surface area (Å²) in [5.41, 5.74) is 7.21. The Morgan fingerprint density at radius 3 is 2.95 bits per heavy atom. The van der Waals surface area contributed by atoms with E-state index in [1.54, 1.807) is 11.3 Å². The van der Waals surface area contributed by atoms with E-state index in [0.717, 1.165) is 35.3 Å². The molecular formula is C14H20N4OS. The zero-order valence-corrected chi connectivity index (χ0v) is 12.5. The van der Waals surface area contributed by atoms with Gasteiger partial charge in [-0.25, -0.2) is 4.98 Å². The van der Waals surface area contributed by atoms with Crippen LogP contribution in [0.4, 0.5) is 0 Å². The molecule has 3 rings (SSSR count). The van der Waals surface area contributed by atoms with Crippen molar-refractivity contribution in [3.05, 3.63) is 27.8 Å². The Morgan fingerprint density at radius 1 is 1.35 bits per heavy atom. The molecule has 1 aliphatic carbocycles. The summed E-state index contributed by atoms with van der Waals surface area (Å²) in [6.07, 6.45) is 6.26. The van der Waals surface area contributed by atoms with Crippen LogP contribution in [-0.4, -0.2) is 21.2 Å². The molecule has 1 fully saturated rings. The van der Waals surface area contributed by atoms with Crippen molar-refractivity contribution in [1.29, 1.82) is 0 Å². The fraction of sp³-hybridized carbons (Fsp3) is 0.643. The van der Waals surface area contributed by atoms with Gasteiger partial charge in [0.1, 0.15) is 5.01 Å². The van der Waals surface area contributed by atoms with Gasteiger partial charge in [0.05, 0.1) is 6.42 Å². The van der Waals surface area contributed by atoms with Crippen LogP contribution in [0.2, 0.25) is 0 Å². The Balaban J connectivity index is 1.61. The molecule has 1 saturated carbocycles. The van der Waals surface area contributed by atoms with Crippen molar-refractivity contribution < 1.29 is 4.52 Å². The van der Waals surface area contributed by atoms with Gasteiger partial charge in [0.15, 0.2) is 5.82 Å². The maximum Gasteiger partial charge on any atom is 0.226 e. The summed E-state index contributed by atoms with van der Waals surface area (Å²) >= 11 is 1.64. The molecule has 0 spiro atoms. The molecule has 1 aliphatic rings. The van der Waals surface area contributed by atoms with Gasteiger partial charge in [-0.15, -0.1) is 11.3 Å². The first-order valence-electron chi connectivity index (χ1n) is 7.19. The van der Waals surface area contributed by atoms with Crippen LogP contribution in [0, 0.1) is 12.8 Å². The maximum absolute atomic E-state index is 6.16. The topological polar surface area (TPSA) is 77.8 Å². The fourth-order valence-corrected chi connectivity index (χ4v) is 3.55. The average molecular weight is 292 g/mol. The first-order valence-corrected chi connectivity index (χ1v) is 8.06. The first kappa shape index (κ1) is 13.7. The van der Waals surface area contributed by atoms with E-state index in [4.69, 9.17) is 10.3 Å². The van der Waals surface area contributed by atoms with E-state index in [1.807, 2.05) is 12.3 Å². The standard InChI is InChI=1S/C14H20N4OS/c1-9-8-20-14(16-9)7-12-17-13(19-18-12)6-10-4-2-3-5-11(10)15/h8,10-11H,2-7,15H2,1H3. The number of rotatable bonds is 4. The minimum absolute atomic E-state index is 0.278. The van der Waals surface area contributed by atoms with Crippen LogP contribution < -0.4 is 5.73 Å². The second-order valence-corrected chi connectivity index (χ2v) is 6.52. The average Bonchev–Trinajstić information content (AvgIpc) is 3.02. The van der Waals surface area contributed by atoms with Gasteiger partial charge in [0.25, 0.3) is 0 Å². The van der Waals surface area contributed by atoms with Crippen LogP contribution in [0.5, 0.6) is 0 Å². The quantitative estimate of drug-likeness (QED) is 0.936. The van der Waals surface area contributed by atoms with Gasteiger partial charge in [-0.3, -0.25) is 0 Å². The summed E-state index contributed by atoms with van der Waals surface area (Å²) in [6, 6.07) is 0.278. The molecule has 0 bridgehead atoms. The van der Waals surface area contributed by atoms with Crippen LogP contribution in [0.3, 0.4) is 0 Å². The molecule has 2 aromatic rings.